The number of methoxy groups -OCH3 is 1. The zero-order valence-corrected chi connectivity index (χ0v) is 12.7. The molecule has 0 fully saturated rings. The molecule has 1 heterocycles. The van der Waals surface area contributed by atoms with Crippen LogP contribution in [0.1, 0.15) is 43.7 Å². The summed E-state index contributed by atoms with van der Waals surface area (Å²) in [5.41, 5.74) is 0.968. The van der Waals surface area contributed by atoms with Gasteiger partial charge in [-0.15, -0.1) is 0 Å². The first-order chi connectivity index (χ1) is 10.1. The van der Waals surface area contributed by atoms with E-state index in [0.717, 1.165) is 5.56 Å². The molecular weight excluding hydrogens is 268 g/mol. The number of rotatable bonds is 7. The third-order valence-corrected chi connectivity index (χ3v) is 3.21. The van der Waals surface area contributed by atoms with Crippen LogP contribution in [0.3, 0.4) is 0 Å². The molecule has 2 unspecified atom stereocenters. The minimum absolute atomic E-state index is 0.356. The molecule has 0 saturated carbocycles. The van der Waals surface area contributed by atoms with Crippen molar-refractivity contribution in [2.45, 2.75) is 38.9 Å². The Morgan fingerprint density at radius 1 is 1.24 bits per heavy atom. The topological polar surface area (TPSA) is 68.4 Å². The van der Waals surface area contributed by atoms with Crippen LogP contribution in [0.2, 0.25) is 0 Å². The quantitative estimate of drug-likeness (QED) is 0.849. The van der Waals surface area contributed by atoms with E-state index in [0.29, 0.717) is 30.5 Å². The van der Waals surface area contributed by atoms with Crippen LogP contribution in [0.15, 0.2) is 34.9 Å². The number of aliphatic hydroxyl groups excluding tert-OH is 1. The summed E-state index contributed by atoms with van der Waals surface area (Å²) in [6.45, 7) is 4.14. The monoisotopic (exact) mass is 290 g/mol. The van der Waals surface area contributed by atoms with Crippen molar-refractivity contribution in [1.29, 1.82) is 0 Å². The van der Waals surface area contributed by atoms with Gasteiger partial charge in [-0.3, -0.25) is 0 Å². The van der Waals surface area contributed by atoms with Gasteiger partial charge in [0.05, 0.1) is 12.5 Å². The number of ether oxygens (including phenoxy) is 1. The van der Waals surface area contributed by atoms with Gasteiger partial charge in [0.2, 0.25) is 11.7 Å². The van der Waals surface area contributed by atoms with Crippen molar-refractivity contribution in [3.05, 3.63) is 47.6 Å². The van der Waals surface area contributed by atoms with Crippen molar-refractivity contribution in [3.63, 3.8) is 0 Å². The number of benzene rings is 1. The third-order valence-electron chi connectivity index (χ3n) is 3.21. The Morgan fingerprint density at radius 3 is 2.57 bits per heavy atom. The first-order valence-corrected chi connectivity index (χ1v) is 7.18. The SMILES string of the molecule is COC(c1ccccc1)c1noc(CC(O)CC(C)C)n1. The standard InChI is InChI=1S/C16H22N2O3/c1-11(2)9-13(19)10-14-17-16(18-21-14)15(20-3)12-7-5-4-6-8-12/h4-8,11,13,15,19H,9-10H2,1-3H3. The van der Waals surface area contributed by atoms with Gasteiger partial charge in [-0.2, -0.15) is 4.98 Å². The van der Waals surface area contributed by atoms with Crippen molar-refractivity contribution in [2.24, 2.45) is 5.92 Å². The number of aliphatic hydroxyl groups is 1. The average molecular weight is 290 g/mol. The molecule has 0 saturated heterocycles. The summed E-state index contributed by atoms with van der Waals surface area (Å²) in [7, 11) is 1.61. The minimum atomic E-state index is -0.462. The maximum absolute atomic E-state index is 9.94. The van der Waals surface area contributed by atoms with Gasteiger partial charge >= 0.3 is 0 Å². The smallest absolute Gasteiger partial charge is 0.229 e. The second-order valence-corrected chi connectivity index (χ2v) is 5.56. The fraction of sp³-hybridized carbons (Fsp3) is 0.500. The van der Waals surface area contributed by atoms with E-state index in [9.17, 15) is 5.11 Å². The van der Waals surface area contributed by atoms with Gasteiger partial charge in [0, 0.05) is 7.11 Å². The van der Waals surface area contributed by atoms with Gasteiger partial charge in [0.25, 0.3) is 0 Å². The highest BCUT2D eigenvalue weighted by Gasteiger charge is 2.21. The Balaban J connectivity index is 2.08. The van der Waals surface area contributed by atoms with E-state index in [2.05, 4.69) is 24.0 Å². The zero-order chi connectivity index (χ0) is 15.2. The van der Waals surface area contributed by atoms with Crippen LogP contribution in [0, 0.1) is 5.92 Å². The van der Waals surface area contributed by atoms with Gasteiger partial charge in [-0.1, -0.05) is 49.3 Å². The van der Waals surface area contributed by atoms with E-state index < -0.39 is 6.10 Å². The predicted molar refractivity (Wildman–Crippen MR) is 78.8 cm³/mol. The fourth-order valence-electron chi connectivity index (χ4n) is 2.30. The first kappa shape index (κ1) is 15.7. The Bertz CT molecular complexity index is 539. The summed E-state index contributed by atoms with van der Waals surface area (Å²) in [6, 6.07) is 9.74. The molecule has 0 aliphatic rings. The highest BCUT2D eigenvalue weighted by Crippen LogP contribution is 2.23. The highest BCUT2D eigenvalue weighted by molar-refractivity contribution is 5.22. The van der Waals surface area contributed by atoms with Gasteiger partial charge in [-0.25, -0.2) is 0 Å². The fourth-order valence-corrected chi connectivity index (χ4v) is 2.30. The second kappa shape index (κ2) is 7.33. The van der Waals surface area contributed by atoms with Gasteiger partial charge in [0.1, 0.15) is 6.10 Å². The van der Waals surface area contributed by atoms with E-state index in [4.69, 9.17) is 9.26 Å². The van der Waals surface area contributed by atoms with Gasteiger partial charge in [-0.05, 0) is 17.9 Å². The number of hydrogen-bond donors (Lipinski definition) is 1. The second-order valence-electron chi connectivity index (χ2n) is 5.56. The van der Waals surface area contributed by atoms with Crippen LogP contribution < -0.4 is 0 Å². The summed E-state index contributed by atoms with van der Waals surface area (Å²) < 4.78 is 10.7. The van der Waals surface area contributed by atoms with Crippen LogP contribution in [0.5, 0.6) is 0 Å². The molecule has 114 valence electrons. The average Bonchev–Trinajstić information content (AvgIpc) is 2.88. The first-order valence-electron chi connectivity index (χ1n) is 7.18. The molecule has 0 aliphatic carbocycles. The zero-order valence-electron chi connectivity index (χ0n) is 12.7. The lowest BCUT2D eigenvalue weighted by Crippen LogP contribution is -2.13. The minimum Gasteiger partial charge on any atom is -0.393 e. The Kier molecular flexibility index (Phi) is 5.47. The molecule has 1 aromatic carbocycles. The Labute approximate surface area is 125 Å². The maximum atomic E-state index is 9.94. The molecule has 0 amide bonds. The number of nitrogens with zero attached hydrogens (tertiary/aromatic N) is 2. The van der Waals surface area contributed by atoms with E-state index in [1.54, 1.807) is 7.11 Å². The summed E-state index contributed by atoms with van der Waals surface area (Å²) in [4.78, 5) is 4.34. The predicted octanol–water partition coefficient (Wildman–Crippen LogP) is 2.75. The lowest BCUT2D eigenvalue weighted by molar-refractivity contribution is 0.126. The molecule has 0 spiro atoms. The molecule has 2 atom stereocenters. The molecule has 1 aromatic heterocycles. The van der Waals surface area contributed by atoms with Crippen LogP contribution in [-0.2, 0) is 11.2 Å². The molecule has 1 N–H and O–H groups in total. The summed E-state index contributed by atoms with van der Waals surface area (Å²) in [6.07, 6.45) is 0.266. The molecule has 21 heavy (non-hydrogen) atoms. The van der Waals surface area contributed by atoms with Crippen LogP contribution in [0.4, 0.5) is 0 Å². The molecule has 0 bridgehead atoms. The lowest BCUT2D eigenvalue weighted by atomic mass is 10.0. The lowest BCUT2D eigenvalue weighted by Gasteiger charge is -2.11. The maximum Gasteiger partial charge on any atom is 0.229 e. The van der Waals surface area contributed by atoms with E-state index >= 15 is 0 Å². The molecule has 2 rings (SSSR count). The van der Waals surface area contributed by atoms with Crippen molar-refractivity contribution >= 4 is 0 Å². The molecule has 0 aliphatic heterocycles. The summed E-state index contributed by atoms with van der Waals surface area (Å²) in [5, 5.41) is 13.9. The highest BCUT2D eigenvalue weighted by atomic mass is 16.5. The normalized spacial score (nSPS) is 14.3. The molecule has 2 aromatic rings. The molecule has 0 radical (unpaired) electrons. The Hall–Kier alpha value is -1.72. The van der Waals surface area contributed by atoms with Gasteiger partial charge < -0.3 is 14.4 Å². The van der Waals surface area contributed by atoms with Crippen LogP contribution in [-0.4, -0.2) is 28.5 Å². The third kappa shape index (κ3) is 4.37. The summed E-state index contributed by atoms with van der Waals surface area (Å²) >= 11 is 0. The van der Waals surface area contributed by atoms with E-state index in [-0.39, 0.29) is 6.10 Å². The number of aromatic nitrogens is 2. The summed E-state index contributed by atoms with van der Waals surface area (Å²) in [5.74, 6) is 1.35. The Morgan fingerprint density at radius 2 is 1.95 bits per heavy atom. The van der Waals surface area contributed by atoms with Crippen molar-refractivity contribution in [2.75, 3.05) is 7.11 Å². The molecule has 5 heteroatoms. The van der Waals surface area contributed by atoms with Crippen LogP contribution in [0.25, 0.3) is 0 Å². The van der Waals surface area contributed by atoms with E-state index in [1.807, 2.05) is 30.3 Å². The number of hydrogen-bond acceptors (Lipinski definition) is 5. The van der Waals surface area contributed by atoms with E-state index in [1.165, 1.54) is 0 Å². The molecule has 5 nitrogen and oxygen atoms in total. The van der Waals surface area contributed by atoms with Crippen molar-refractivity contribution in [1.82, 2.24) is 10.1 Å². The molecular formula is C16H22N2O3. The largest absolute Gasteiger partial charge is 0.393 e. The van der Waals surface area contributed by atoms with Crippen molar-refractivity contribution in [3.8, 4) is 0 Å². The van der Waals surface area contributed by atoms with Crippen molar-refractivity contribution < 1.29 is 14.4 Å². The van der Waals surface area contributed by atoms with Crippen LogP contribution >= 0.6 is 0 Å². The van der Waals surface area contributed by atoms with Gasteiger partial charge in [0.15, 0.2) is 0 Å².